The molecule has 0 radical (unpaired) electrons. The molecule has 0 fully saturated rings. The molecule has 0 heterocycles. The van der Waals surface area contributed by atoms with Crippen molar-refractivity contribution in [2.75, 3.05) is 25.4 Å². The normalized spacial score (nSPS) is 10.3. The molecule has 0 bridgehead atoms. The average Bonchev–Trinajstić information content (AvgIpc) is 2.42. The number of benzene rings is 1. The average molecular weight is 293 g/mol. The Kier molecular flexibility index (Phi) is 7.41. The zero-order chi connectivity index (χ0) is 15.0. The fourth-order valence-corrected chi connectivity index (χ4v) is 2.75. The molecule has 1 rings (SSSR count). The van der Waals surface area contributed by atoms with Crippen molar-refractivity contribution in [1.29, 1.82) is 0 Å². The topological polar surface area (TPSA) is 40.5 Å². The minimum atomic E-state index is -0.0100. The van der Waals surface area contributed by atoms with Crippen LogP contribution in [-0.4, -0.2) is 41.4 Å². The fourth-order valence-electron chi connectivity index (χ4n) is 1.81. The van der Waals surface area contributed by atoms with Gasteiger partial charge < -0.3 is 10.0 Å². The molecule has 110 valence electrons. The summed E-state index contributed by atoms with van der Waals surface area (Å²) in [6, 6.07) is 6.35. The molecule has 0 unspecified atom stereocenters. The first-order valence-corrected chi connectivity index (χ1v) is 7.76. The van der Waals surface area contributed by atoms with E-state index in [-0.39, 0.29) is 12.5 Å². The Labute approximate surface area is 125 Å². The fraction of sp³-hybridized carbons (Fsp3) is 0.438. The molecule has 1 aromatic rings. The van der Waals surface area contributed by atoms with E-state index in [1.807, 2.05) is 0 Å². The molecule has 3 nitrogen and oxygen atoms in total. The van der Waals surface area contributed by atoms with Crippen molar-refractivity contribution in [3.8, 4) is 0 Å². The maximum atomic E-state index is 12.0. The van der Waals surface area contributed by atoms with Gasteiger partial charge in [-0.2, -0.15) is 0 Å². The molecule has 0 aromatic heterocycles. The lowest BCUT2D eigenvalue weighted by Crippen LogP contribution is -2.33. The van der Waals surface area contributed by atoms with Gasteiger partial charge in [-0.3, -0.25) is 4.79 Å². The number of rotatable bonds is 8. The minimum absolute atomic E-state index is 0.0100. The summed E-state index contributed by atoms with van der Waals surface area (Å²) >= 11 is 1.69. The van der Waals surface area contributed by atoms with E-state index in [1.165, 1.54) is 16.0 Å². The number of hydrogen-bond acceptors (Lipinski definition) is 3. The summed E-state index contributed by atoms with van der Waals surface area (Å²) < 4.78 is 0. The lowest BCUT2D eigenvalue weighted by Gasteiger charge is -2.19. The number of aliphatic hydroxyl groups excluding tert-OH is 1. The Balaban J connectivity index is 2.43. The third-order valence-electron chi connectivity index (χ3n) is 3.14. The van der Waals surface area contributed by atoms with Crippen molar-refractivity contribution in [2.24, 2.45) is 0 Å². The molecule has 1 N–H and O–H groups in total. The van der Waals surface area contributed by atoms with Crippen molar-refractivity contribution in [3.63, 3.8) is 0 Å². The van der Waals surface area contributed by atoms with E-state index >= 15 is 0 Å². The Morgan fingerprint density at radius 2 is 2.15 bits per heavy atom. The largest absolute Gasteiger partial charge is 0.395 e. The first kappa shape index (κ1) is 16.8. The lowest BCUT2D eigenvalue weighted by atomic mass is 10.1. The predicted molar refractivity (Wildman–Crippen MR) is 85.1 cm³/mol. The summed E-state index contributed by atoms with van der Waals surface area (Å²) in [5.74, 6) is 0.815. The van der Waals surface area contributed by atoms with Crippen LogP contribution < -0.4 is 0 Å². The van der Waals surface area contributed by atoms with Gasteiger partial charge in [0.1, 0.15) is 0 Å². The van der Waals surface area contributed by atoms with Gasteiger partial charge in [0, 0.05) is 30.2 Å². The highest BCUT2D eigenvalue weighted by Crippen LogP contribution is 2.21. The summed E-state index contributed by atoms with van der Waals surface area (Å²) in [6.07, 6.45) is 2.16. The Morgan fingerprint density at radius 3 is 2.75 bits per heavy atom. The molecule has 0 aliphatic rings. The maximum absolute atomic E-state index is 12.0. The number of carbonyl (C=O) groups is 1. The number of nitrogens with zero attached hydrogens (tertiary/aromatic N) is 1. The summed E-state index contributed by atoms with van der Waals surface area (Å²) in [6.45, 7) is 8.68. The standard InChI is InChI=1S/C16H23NO2S/c1-4-8-17(9-10-18)16(19)7-11-20-15-6-5-13(2)14(3)12-15/h4-6,12,18H,1,7-11H2,2-3H3. The van der Waals surface area contributed by atoms with E-state index in [1.54, 1.807) is 22.7 Å². The third-order valence-corrected chi connectivity index (χ3v) is 4.13. The van der Waals surface area contributed by atoms with Crippen molar-refractivity contribution in [1.82, 2.24) is 4.90 Å². The highest BCUT2D eigenvalue weighted by atomic mass is 32.2. The minimum Gasteiger partial charge on any atom is -0.395 e. The van der Waals surface area contributed by atoms with Crippen LogP contribution in [0.3, 0.4) is 0 Å². The van der Waals surface area contributed by atoms with E-state index in [9.17, 15) is 4.79 Å². The summed E-state index contributed by atoms with van der Waals surface area (Å²) in [5, 5.41) is 8.94. The van der Waals surface area contributed by atoms with E-state index < -0.39 is 0 Å². The van der Waals surface area contributed by atoms with E-state index in [4.69, 9.17) is 5.11 Å². The number of carbonyl (C=O) groups excluding carboxylic acids is 1. The highest BCUT2D eigenvalue weighted by molar-refractivity contribution is 7.99. The summed E-state index contributed by atoms with van der Waals surface area (Å²) in [5.41, 5.74) is 2.56. The second kappa shape index (κ2) is 8.82. The molecule has 0 saturated heterocycles. The molecule has 0 saturated carbocycles. The van der Waals surface area contributed by atoms with Crippen molar-refractivity contribution in [3.05, 3.63) is 42.0 Å². The number of aryl methyl sites for hydroxylation is 2. The SMILES string of the molecule is C=CCN(CCO)C(=O)CCSc1ccc(C)c(C)c1. The van der Waals surface area contributed by atoms with Crippen LogP contribution in [0.4, 0.5) is 0 Å². The molecular weight excluding hydrogens is 270 g/mol. The van der Waals surface area contributed by atoms with Crippen LogP contribution in [0.1, 0.15) is 17.5 Å². The number of aliphatic hydroxyl groups is 1. The molecule has 0 aliphatic carbocycles. The molecular formula is C16H23NO2S. The van der Waals surface area contributed by atoms with Gasteiger partial charge in [0.05, 0.1) is 6.61 Å². The molecule has 0 aliphatic heterocycles. The van der Waals surface area contributed by atoms with E-state index in [0.717, 1.165) is 5.75 Å². The molecule has 0 atom stereocenters. The van der Waals surface area contributed by atoms with Crippen LogP contribution in [-0.2, 0) is 4.79 Å². The van der Waals surface area contributed by atoms with E-state index in [2.05, 4.69) is 38.6 Å². The lowest BCUT2D eigenvalue weighted by molar-refractivity contribution is -0.130. The summed E-state index contributed by atoms with van der Waals surface area (Å²) in [4.78, 5) is 14.8. The molecule has 1 aromatic carbocycles. The van der Waals surface area contributed by atoms with Gasteiger partial charge in [-0.1, -0.05) is 12.1 Å². The third kappa shape index (κ3) is 5.39. The first-order chi connectivity index (χ1) is 9.58. The van der Waals surface area contributed by atoms with Crippen molar-refractivity contribution < 1.29 is 9.90 Å². The smallest absolute Gasteiger partial charge is 0.223 e. The zero-order valence-corrected chi connectivity index (χ0v) is 13.1. The van der Waals surface area contributed by atoms with Gasteiger partial charge in [0.25, 0.3) is 0 Å². The molecule has 20 heavy (non-hydrogen) atoms. The quantitative estimate of drug-likeness (QED) is 0.592. The van der Waals surface area contributed by atoms with Gasteiger partial charge in [-0.05, 0) is 37.1 Å². The number of thioether (sulfide) groups is 1. The summed E-state index contributed by atoms with van der Waals surface area (Å²) in [7, 11) is 0. The van der Waals surface area contributed by atoms with Gasteiger partial charge in [0.15, 0.2) is 0 Å². The van der Waals surface area contributed by atoms with Crippen LogP contribution >= 0.6 is 11.8 Å². The maximum Gasteiger partial charge on any atom is 0.223 e. The van der Waals surface area contributed by atoms with Gasteiger partial charge in [0.2, 0.25) is 5.91 Å². The zero-order valence-electron chi connectivity index (χ0n) is 12.3. The van der Waals surface area contributed by atoms with Crippen LogP contribution in [0.25, 0.3) is 0 Å². The predicted octanol–water partition coefficient (Wildman–Crippen LogP) is 2.79. The highest BCUT2D eigenvalue weighted by Gasteiger charge is 2.11. The van der Waals surface area contributed by atoms with Gasteiger partial charge >= 0.3 is 0 Å². The van der Waals surface area contributed by atoms with Crippen molar-refractivity contribution >= 4 is 17.7 Å². The second-order valence-corrected chi connectivity index (χ2v) is 5.86. The van der Waals surface area contributed by atoms with Crippen LogP contribution in [0.15, 0.2) is 35.7 Å². The van der Waals surface area contributed by atoms with Crippen molar-refractivity contribution in [2.45, 2.75) is 25.2 Å². The molecule has 0 spiro atoms. The Morgan fingerprint density at radius 1 is 1.40 bits per heavy atom. The molecule has 1 amide bonds. The van der Waals surface area contributed by atoms with Crippen LogP contribution in [0, 0.1) is 13.8 Å². The first-order valence-electron chi connectivity index (χ1n) is 6.78. The monoisotopic (exact) mass is 293 g/mol. The van der Waals surface area contributed by atoms with E-state index in [0.29, 0.717) is 19.5 Å². The number of amides is 1. The van der Waals surface area contributed by atoms with Crippen LogP contribution in [0.2, 0.25) is 0 Å². The Hall–Kier alpha value is -1.26. The Bertz CT molecular complexity index is 460. The number of hydrogen-bond donors (Lipinski definition) is 1. The van der Waals surface area contributed by atoms with Crippen LogP contribution in [0.5, 0.6) is 0 Å². The second-order valence-electron chi connectivity index (χ2n) is 4.70. The molecule has 4 heteroatoms. The van der Waals surface area contributed by atoms with Gasteiger partial charge in [-0.25, -0.2) is 0 Å². The van der Waals surface area contributed by atoms with Gasteiger partial charge in [-0.15, -0.1) is 18.3 Å².